The van der Waals surface area contributed by atoms with Crippen LogP contribution in [0.15, 0.2) is 18.2 Å². The van der Waals surface area contributed by atoms with E-state index in [0.29, 0.717) is 0 Å². The van der Waals surface area contributed by atoms with Crippen molar-refractivity contribution in [2.75, 3.05) is 0 Å². The third kappa shape index (κ3) is 2.07. The zero-order chi connectivity index (χ0) is 8.43. The van der Waals surface area contributed by atoms with Gasteiger partial charge in [-0.05, 0) is 47.2 Å². The van der Waals surface area contributed by atoms with Gasteiger partial charge in [-0.25, -0.2) is 0 Å². The van der Waals surface area contributed by atoms with Crippen LogP contribution < -0.4 is 0 Å². The molecule has 0 saturated carbocycles. The van der Waals surface area contributed by atoms with Crippen molar-refractivity contribution in [2.24, 2.45) is 0 Å². The maximum Gasteiger partial charge on any atom is 0.129 e. The molecular formula is C8H9IO2. The standard InChI is InChI=1S/C8H9IO2/c1-5(10)6-2-3-7(9)8(11)4-6/h2-5,10-11H,1H3. The lowest BCUT2D eigenvalue weighted by molar-refractivity contribution is 0.199. The van der Waals surface area contributed by atoms with Gasteiger partial charge in [-0.15, -0.1) is 0 Å². The lowest BCUT2D eigenvalue weighted by Gasteiger charge is -2.05. The highest BCUT2D eigenvalue weighted by Crippen LogP contribution is 2.23. The first-order chi connectivity index (χ1) is 5.11. The van der Waals surface area contributed by atoms with E-state index in [1.165, 1.54) is 0 Å². The average molecular weight is 264 g/mol. The van der Waals surface area contributed by atoms with Crippen LogP contribution in [0, 0.1) is 3.57 Å². The second-order valence-electron chi connectivity index (χ2n) is 2.39. The second-order valence-corrected chi connectivity index (χ2v) is 3.55. The number of benzene rings is 1. The van der Waals surface area contributed by atoms with Crippen LogP contribution >= 0.6 is 22.6 Å². The van der Waals surface area contributed by atoms with E-state index in [1.807, 2.05) is 22.6 Å². The Hall–Kier alpha value is -0.290. The minimum atomic E-state index is -0.516. The first-order valence-corrected chi connectivity index (χ1v) is 4.35. The Morgan fingerprint density at radius 1 is 1.45 bits per heavy atom. The SMILES string of the molecule is CC(O)c1ccc(I)c(O)c1. The summed E-state index contributed by atoms with van der Waals surface area (Å²) in [5.74, 6) is 0.226. The van der Waals surface area contributed by atoms with E-state index < -0.39 is 6.10 Å². The molecule has 0 saturated heterocycles. The minimum absolute atomic E-state index is 0.226. The number of aliphatic hydroxyl groups excluding tert-OH is 1. The number of aliphatic hydroxyl groups is 1. The summed E-state index contributed by atoms with van der Waals surface area (Å²) in [6.45, 7) is 1.67. The van der Waals surface area contributed by atoms with E-state index in [1.54, 1.807) is 25.1 Å². The molecule has 0 radical (unpaired) electrons. The molecule has 0 fully saturated rings. The van der Waals surface area contributed by atoms with Crippen molar-refractivity contribution >= 4 is 22.6 Å². The molecular weight excluding hydrogens is 255 g/mol. The lowest BCUT2D eigenvalue weighted by atomic mass is 10.1. The maximum atomic E-state index is 9.23. The molecule has 2 nitrogen and oxygen atoms in total. The summed E-state index contributed by atoms with van der Waals surface area (Å²) >= 11 is 2.03. The van der Waals surface area contributed by atoms with Crippen LogP contribution in [-0.2, 0) is 0 Å². The summed E-state index contributed by atoms with van der Waals surface area (Å²) in [5, 5.41) is 18.4. The Labute approximate surface area is 79.0 Å². The van der Waals surface area contributed by atoms with Crippen molar-refractivity contribution in [3.05, 3.63) is 27.3 Å². The maximum absolute atomic E-state index is 9.23. The molecule has 0 aliphatic rings. The van der Waals surface area contributed by atoms with Gasteiger partial charge in [-0.1, -0.05) is 6.07 Å². The van der Waals surface area contributed by atoms with Crippen molar-refractivity contribution in [2.45, 2.75) is 13.0 Å². The number of hydrogen-bond donors (Lipinski definition) is 2. The fraction of sp³-hybridized carbons (Fsp3) is 0.250. The monoisotopic (exact) mass is 264 g/mol. The topological polar surface area (TPSA) is 40.5 Å². The van der Waals surface area contributed by atoms with Crippen LogP contribution in [0.5, 0.6) is 5.75 Å². The summed E-state index contributed by atoms with van der Waals surface area (Å²) in [6, 6.07) is 5.15. The van der Waals surface area contributed by atoms with Crippen molar-refractivity contribution in [3.8, 4) is 5.75 Å². The molecule has 1 aromatic carbocycles. The van der Waals surface area contributed by atoms with E-state index in [0.717, 1.165) is 9.13 Å². The van der Waals surface area contributed by atoms with E-state index in [4.69, 9.17) is 5.11 Å². The number of phenols is 1. The zero-order valence-corrected chi connectivity index (χ0v) is 8.24. The Balaban J connectivity index is 3.05. The molecule has 60 valence electrons. The molecule has 0 spiro atoms. The summed E-state index contributed by atoms with van der Waals surface area (Å²) in [6.07, 6.45) is -0.516. The normalized spacial score (nSPS) is 13.0. The molecule has 1 atom stereocenters. The molecule has 0 bridgehead atoms. The van der Waals surface area contributed by atoms with Gasteiger partial charge in [0.1, 0.15) is 5.75 Å². The van der Waals surface area contributed by atoms with Crippen LogP contribution in [0.3, 0.4) is 0 Å². The highest BCUT2D eigenvalue weighted by atomic mass is 127. The third-order valence-electron chi connectivity index (χ3n) is 1.45. The smallest absolute Gasteiger partial charge is 0.129 e. The molecule has 0 aliphatic heterocycles. The zero-order valence-electron chi connectivity index (χ0n) is 6.08. The fourth-order valence-electron chi connectivity index (χ4n) is 0.790. The summed E-state index contributed by atoms with van der Waals surface area (Å²) in [4.78, 5) is 0. The van der Waals surface area contributed by atoms with Gasteiger partial charge in [-0.3, -0.25) is 0 Å². The molecule has 2 N–H and O–H groups in total. The van der Waals surface area contributed by atoms with Gasteiger partial charge >= 0.3 is 0 Å². The Morgan fingerprint density at radius 3 is 2.55 bits per heavy atom. The molecule has 0 amide bonds. The highest BCUT2D eigenvalue weighted by molar-refractivity contribution is 14.1. The number of hydrogen-bond acceptors (Lipinski definition) is 2. The number of halogens is 1. The highest BCUT2D eigenvalue weighted by Gasteiger charge is 2.03. The Kier molecular flexibility index (Phi) is 2.72. The van der Waals surface area contributed by atoms with Crippen LogP contribution in [0.4, 0.5) is 0 Å². The Morgan fingerprint density at radius 2 is 2.09 bits per heavy atom. The van der Waals surface area contributed by atoms with E-state index in [-0.39, 0.29) is 5.75 Å². The largest absolute Gasteiger partial charge is 0.507 e. The van der Waals surface area contributed by atoms with Gasteiger partial charge in [0.25, 0.3) is 0 Å². The third-order valence-corrected chi connectivity index (χ3v) is 2.36. The van der Waals surface area contributed by atoms with E-state index >= 15 is 0 Å². The van der Waals surface area contributed by atoms with Crippen molar-refractivity contribution in [1.82, 2.24) is 0 Å². The average Bonchev–Trinajstić information content (AvgIpc) is 1.94. The van der Waals surface area contributed by atoms with Gasteiger partial charge in [0.05, 0.1) is 9.67 Å². The summed E-state index contributed by atoms with van der Waals surface area (Å²) in [7, 11) is 0. The van der Waals surface area contributed by atoms with Gasteiger partial charge in [-0.2, -0.15) is 0 Å². The number of rotatable bonds is 1. The summed E-state index contributed by atoms with van der Waals surface area (Å²) in [5.41, 5.74) is 0.739. The number of aromatic hydroxyl groups is 1. The van der Waals surface area contributed by atoms with Gasteiger partial charge in [0.15, 0.2) is 0 Å². The van der Waals surface area contributed by atoms with E-state index in [2.05, 4.69) is 0 Å². The molecule has 1 aromatic rings. The van der Waals surface area contributed by atoms with Gasteiger partial charge < -0.3 is 10.2 Å². The van der Waals surface area contributed by atoms with Crippen LogP contribution in [0.25, 0.3) is 0 Å². The molecule has 1 unspecified atom stereocenters. The van der Waals surface area contributed by atoms with E-state index in [9.17, 15) is 5.11 Å². The molecule has 0 heterocycles. The second kappa shape index (κ2) is 3.40. The lowest BCUT2D eigenvalue weighted by Crippen LogP contribution is -1.90. The summed E-state index contributed by atoms with van der Waals surface area (Å²) < 4.78 is 0.798. The minimum Gasteiger partial charge on any atom is -0.507 e. The predicted molar refractivity (Wildman–Crippen MR) is 51.5 cm³/mol. The molecule has 11 heavy (non-hydrogen) atoms. The van der Waals surface area contributed by atoms with Crippen molar-refractivity contribution in [3.63, 3.8) is 0 Å². The van der Waals surface area contributed by atoms with Crippen LogP contribution in [0.1, 0.15) is 18.6 Å². The van der Waals surface area contributed by atoms with Gasteiger partial charge in [0.2, 0.25) is 0 Å². The number of phenolic OH excluding ortho intramolecular Hbond substituents is 1. The molecule has 3 heteroatoms. The molecule has 1 rings (SSSR count). The van der Waals surface area contributed by atoms with Gasteiger partial charge in [0, 0.05) is 0 Å². The fourth-order valence-corrected chi connectivity index (χ4v) is 1.13. The van der Waals surface area contributed by atoms with Crippen molar-refractivity contribution in [1.29, 1.82) is 0 Å². The first kappa shape index (κ1) is 8.80. The Bertz CT molecular complexity index is 258. The van der Waals surface area contributed by atoms with Crippen LogP contribution in [-0.4, -0.2) is 10.2 Å². The van der Waals surface area contributed by atoms with Crippen LogP contribution in [0.2, 0.25) is 0 Å². The molecule has 0 aliphatic carbocycles. The first-order valence-electron chi connectivity index (χ1n) is 3.27. The molecule has 0 aromatic heterocycles. The quantitative estimate of drug-likeness (QED) is 0.762. The van der Waals surface area contributed by atoms with Crippen molar-refractivity contribution < 1.29 is 10.2 Å². The predicted octanol–water partition coefficient (Wildman–Crippen LogP) is 2.05.